The molecule has 0 bridgehead atoms. The first-order valence-electron chi connectivity index (χ1n) is 11.9. The Labute approximate surface area is 202 Å². The molecule has 1 aliphatic heterocycles. The molecule has 2 atom stereocenters. The number of nitrogens with zero attached hydrogens (tertiary/aromatic N) is 6. The van der Waals surface area contributed by atoms with Crippen molar-refractivity contribution in [2.45, 2.75) is 45.3 Å². The zero-order valence-corrected chi connectivity index (χ0v) is 20.2. The molecule has 2 N–H and O–H groups in total. The van der Waals surface area contributed by atoms with Crippen LogP contribution in [0.5, 0.6) is 0 Å². The van der Waals surface area contributed by atoms with Crippen LogP contribution in [-0.2, 0) is 13.6 Å². The lowest BCUT2D eigenvalue weighted by atomic mass is 10.1. The molecule has 9 nitrogen and oxygen atoms in total. The molecule has 0 saturated carbocycles. The van der Waals surface area contributed by atoms with Gasteiger partial charge in [-0.3, -0.25) is 18.9 Å². The molecule has 0 radical (unpaired) electrons. The van der Waals surface area contributed by atoms with Gasteiger partial charge in [-0.15, -0.1) is 5.92 Å². The van der Waals surface area contributed by atoms with E-state index >= 15 is 0 Å². The maximum absolute atomic E-state index is 13.9. The van der Waals surface area contributed by atoms with Gasteiger partial charge in [-0.05, 0) is 38.8 Å². The van der Waals surface area contributed by atoms with E-state index in [9.17, 15) is 9.59 Å². The van der Waals surface area contributed by atoms with Crippen LogP contribution < -0.4 is 21.9 Å². The molecule has 3 aromatic heterocycles. The van der Waals surface area contributed by atoms with Crippen LogP contribution in [0.15, 0.2) is 46.0 Å². The quantitative estimate of drug-likeness (QED) is 0.457. The lowest BCUT2D eigenvalue weighted by Crippen LogP contribution is -2.44. The fourth-order valence-corrected chi connectivity index (χ4v) is 4.86. The fraction of sp³-hybridized carbons (Fsp3) is 0.385. The van der Waals surface area contributed by atoms with Crippen molar-refractivity contribution in [2.24, 2.45) is 12.8 Å². The third kappa shape index (κ3) is 3.90. The van der Waals surface area contributed by atoms with Gasteiger partial charge in [0.05, 0.1) is 23.8 Å². The zero-order valence-electron chi connectivity index (χ0n) is 20.2. The van der Waals surface area contributed by atoms with Crippen LogP contribution in [0.3, 0.4) is 0 Å². The monoisotopic (exact) mass is 471 g/mol. The summed E-state index contributed by atoms with van der Waals surface area (Å²) in [5.41, 5.74) is 7.56. The number of piperidine rings is 1. The van der Waals surface area contributed by atoms with Crippen LogP contribution in [0.2, 0.25) is 0 Å². The lowest BCUT2D eigenvalue weighted by Gasteiger charge is -2.31. The highest BCUT2D eigenvalue weighted by Gasteiger charge is 2.27. The summed E-state index contributed by atoms with van der Waals surface area (Å²) in [4.78, 5) is 38.9. The SMILES string of the molecule is CC#CCn1c(N2CCC[C@@H](N)C2)nc2c1c(=O)n(C(C)c1ccc3ccccc3n1)c(=O)n2C. The minimum Gasteiger partial charge on any atom is -0.341 e. The Morgan fingerprint density at radius 2 is 1.97 bits per heavy atom. The van der Waals surface area contributed by atoms with E-state index in [0.29, 0.717) is 35.9 Å². The van der Waals surface area contributed by atoms with E-state index in [1.807, 2.05) is 47.9 Å². The molecule has 1 fully saturated rings. The second-order valence-corrected chi connectivity index (χ2v) is 9.07. The summed E-state index contributed by atoms with van der Waals surface area (Å²) in [5.74, 6) is 6.59. The van der Waals surface area contributed by atoms with Gasteiger partial charge in [0.25, 0.3) is 5.56 Å². The highest BCUT2D eigenvalue weighted by Crippen LogP contribution is 2.24. The smallest absolute Gasteiger partial charge is 0.333 e. The van der Waals surface area contributed by atoms with Crippen molar-refractivity contribution in [1.82, 2.24) is 23.7 Å². The number of benzene rings is 1. The Hall–Kier alpha value is -3.90. The first-order chi connectivity index (χ1) is 16.9. The molecule has 9 heteroatoms. The second kappa shape index (κ2) is 9.04. The second-order valence-electron chi connectivity index (χ2n) is 9.07. The van der Waals surface area contributed by atoms with Crippen molar-refractivity contribution in [2.75, 3.05) is 18.0 Å². The average molecular weight is 472 g/mol. The molecule has 0 amide bonds. The summed E-state index contributed by atoms with van der Waals surface area (Å²) in [6, 6.07) is 11.1. The number of imidazole rings is 1. The molecular formula is C26H29N7O2. The summed E-state index contributed by atoms with van der Waals surface area (Å²) in [6.45, 7) is 5.31. The van der Waals surface area contributed by atoms with Crippen molar-refractivity contribution < 1.29 is 0 Å². The van der Waals surface area contributed by atoms with E-state index in [1.54, 1.807) is 14.0 Å². The Kier molecular flexibility index (Phi) is 5.91. The molecule has 0 spiro atoms. The number of para-hydroxylation sites is 1. The normalized spacial score (nSPS) is 16.9. The molecule has 1 aromatic carbocycles. The summed E-state index contributed by atoms with van der Waals surface area (Å²) < 4.78 is 4.53. The Balaban J connectivity index is 1.72. The zero-order chi connectivity index (χ0) is 24.7. The van der Waals surface area contributed by atoms with Crippen LogP contribution in [0.1, 0.15) is 38.4 Å². The van der Waals surface area contributed by atoms with Gasteiger partial charge in [0.2, 0.25) is 5.95 Å². The minimum absolute atomic E-state index is 0.0359. The summed E-state index contributed by atoms with van der Waals surface area (Å²) in [5, 5.41) is 1.000. The van der Waals surface area contributed by atoms with Crippen LogP contribution >= 0.6 is 0 Å². The van der Waals surface area contributed by atoms with E-state index in [4.69, 9.17) is 15.7 Å². The molecular weight excluding hydrogens is 442 g/mol. The highest BCUT2D eigenvalue weighted by molar-refractivity contribution is 5.78. The lowest BCUT2D eigenvalue weighted by molar-refractivity contribution is 0.496. The number of aromatic nitrogens is 5. The summed E-state index contributed by atoms with van der Waals surface area (Å²) in [6.07, 6.45) is 1.89. The molecule has 1 unspecified atom stereocenters. The van der Waals surface area contributed by atoms with E-state index in [0.717, 1.165) is 30.3 Å². The maximum atomic E-state index is 13.9. The largest absolute Gasteiger partial charge is 0.341 e. The van der Waals surface area contributed by atoms with Crippen LogP contribution in [-0.4, -0.2) is 42.8 Å². The number of fused-ring (bicyclic) bond motifs is 2. The molecule has 4 heterocycles. The van der Waals surface area contributed by atoms with E-state index in [1.165, 1.54) is 9.13 Å². The number of hydrogen-bond acceptors (Lipinski definition) is 6. The van der Waals surface area contributed by atoms with Crippen LogP contribution in [0, 0.1) is 11.8 Å². The van der Waals surface area contributed by atoms with Crippen molar-refractivity contribution in [3.63, 3.8) is 0 Å². The first-order valence-corrected chi connectivity index (χ1v) is 11.9. The van der Waals surface area contributed by atoms with E-state index in [-0.39, 0.29) is 6.04 Å². The number of pyridine rings is 1. The maximum Gasteiger partial charge on any atom is 0.333 e. The predicted molar refractivity (Wildman–Crippen MR) is 138 cm³/mol. The predicted octanol–water partition coefficient (Wildman–Crippen LogP) is 2.00. The van der Waals surface area contributed by atoms with Gasteiger partial charge in [-0.1, -0.05) is 30.2 Å². The third-order valence-corrected chi connectivity index (χ3v) is 6.75. The summed E-state index contributed by atoms with van der Waals surface area (Å²) >= 11 is 0. The van der Waals surface area contributed by atoms with Gasteiger partial charge in [0.15, 0.2) is 11.2 Å². The van der Waals surface area contributed by atoms with E-state index < -0.39 is 17.3 Å². The van der Waals surface area contributed by atoms with Crippen LogP contribution in [0.4, 0.5) is 5.95 Å². The van der Waals surface area contributed by atoms with Crippen molar-refractivity contribution >= 4 is 28.0 Å². The Bertz CT molecular complexity index is 1600. The fourth-order valence-electron chi connectivity index (χ4n) is 4.86. The molecule has 0 aliphatic carbocycles. The van der Waals surface area contributed by atoms with Crippen molar-refractivity contribution in [3.8, 4) is 11.8 Å². The van der Waals surface area contributed by atoms with Gasteiger partial charge in [-0.2, -0.15) is 4.98 Å². The van der Waals surface area contributed by atoms with Crippen LogP contribution in [0.25, 0.3) is 22.1 Å². The van der Waals surface area contributed by atoms with Gasteiger partial charge >= 0.3 is 5.69 Å². The standard InChI is InChI=1S/C26H29N7O2/c1-4-5-15-32-22-23(29-25(32)31-14-8-10-19(27)16-31)30(3)26(35)33(24(22)34)17(2)20-13-12-18-9-6-7-11-21(18)28-20/h6-7,9,11-13,17,19H,8,10,14-16,27H2,1-3H3/t17?,19-/m1/s1. The minimum atomic E-state index is -0.567. The summed E-state index contributed by atoms with van der Waals surface area (Å²) in [7, 11) is 1.65. The number of rotatable bonds is 4. The third-order valence-electron chi connectivity index (χ3n) is 6.75. The van der Waals surface area contributed by atoms with Gasteiger partial charge < -0.3 is 10.6 Å². The number of aryl methyl sites for hydroxylation is 1. The van der Waals surface area contributed by atoms with Gasteiger partial charge in [0, 0.05) is 31.6 Å². The molecule has 4 aromatic rings. The molecule has 1 aliphatic rings. The number of hydrogen-bond donors (Lipinski definition) is 1. The molecule has 180 valence electrons. The Morgan fingerprint density at radius 1 is 1.17 bits per heavy atom. The number of anilines is 1. The number of nitrogens with two attached hydrogens (primary N) is 1. The molecule has 5 rings (SSSR count). The van der Waals surface area contributed by atoms with Gasteiger partial charge in [0.1, 0.15) is 0 Å². The van der Waals surface area contributed by atoms with Crippen molar-refractivity contribution in [1.29, 1.82) is 0 Å². The Morgan fingerprint density at radius 3 is 2.74 bits per heavy atom. The molecule has 35 heavy (non-hydrogen) atoms. The van der Waals surface area contributed by atoms with E-state index in [2.05, 4.69) is 16.7 Å². The average Bonchev–Trinajstić information content (AvgIpc) is 3.25. The highest BCUT2D eigenvalue weighted by atomic mass is 16.2. The first kappa shape index (κ1) is 22.9. The topological polar surface area (TPSA) is 104 Å². The van der Waals surface area contributed by atoms with Gasteiger partial charge in [-0.25, -0.2) is 9.36 Å². The van der Waals surface area contributed by atoms with Crippen molar-refractivity contribution in [3.05, 3.63) is 62.9 Å². The molecule has 1 saturated heterocycles.